The van der Waals surface area contributed by atoms with Gasteiger partial charge in [0.1, 0.15) is 5.69 Å². The molecule has 4 nitrogen and oxygen atoms in total. The van der Waals surface area contributed by atoms with Crippen molar-refractivity contribution in [3.05, 3.63) is 45.9 Å². The molecule has 0 aliphatic rings. The van der Waals surface area contributed by atoms with E-state index in [0.717, 1.165) is 11.3 Å². The van der Waals surface area contributed by atoms with Crippen molar-refractivity contribution in [1.29, 1.82) is 0 Å². The molecule has 2 heterocycles. The van der Waals surface area contributed by atoms with Crippen LogP contribution in [0.5, 0.6) is 0 Å². The Morgan fingerprint density at radius 3 is 2.94 bits per heavy atom. The number of nitrogens with one attached hydrogen (secondary N) is 2. The molecule has 0 radical (unpaired) electrons. The van der Waals surface area contributed by atoms with Gasteiger partial charge in [0.25, 0.3) is 5.91 Å². The van der Waals surface area contributed by atoms with Crippen LogP contribution in [0.15, 0.2) is 29.1 Å². The van der Waals surface area contributed by atoms with Crippen LogP contribution in [0.3, 0.4) is 0 Å². The molecule has 2 N–H and O–H groups in total. The SMILES string of the molecule is CNc1ccnc(C(=O)NCc2cscc2C)c1. The van der Waals surface area contributed by atoms with Crippen LogP contribution in [-0.4, -0.2) is 17.9 Å². The van der Waals surface area contributed by atoms with Gasteiger partial charge >= 0.3 is 0 Å². The summed E-state index contributed by atoms with van der Waals surface area (Å²) in [7, 11) is 1.81. The number of aromatic nitrogens is 1. The van der Waals surface area contributed by atoms with Gasteiger partial charge in [-0.25, -0.2) is 0 Å². The lowest BCUT2D eigenvalue weighted by Gasteiger charge is -2.06. The highest BCUT2D eigenvalue weighted by atomic mass is 32.1. The standard InChI is InChI=1S/C13H15N3OS/c1-9-7-18-8-10(9)6-16-13(17)12-5-11(14-2)3-4-15-12/h3-5,7-8H,6H2,1-2H3,(H,14,15)(H,16,17). The van der Waals surface area contributed by atoms with Crippen LogP contribution in [0.4, 0.5) is 5.69 Å². The number of carbonyl (C=O) groups is 1. The lowest BCUT2D eigenvalue weighted by molar-refractivity contribution is 0.0946. The Labute approximate surface area is 110 Å². The quantitative estimate of drug-likeness (QED) is 0.888. The highest BCUT2D eigenvalue weighted by Gasteiger charge is 2.08. The summed E-state index contributed by atoms with van der Waals surface area (Å²) in [4.78, 5) is 16.0. The summed E-state index contributed by atoms with van der Waals surface area (Å²) in [5.41, 5.74) is 3.66. The summed E-state index contributed by atoms with van der Waals surface area (Å²) in [5.74, 6) is -0.155. The lowest BCUT2D eigenvalue weighted by atomic mass is 10.2. The Balaban J connectivity index is 2.01. The van der Waals surface area contributed by atoms with Crippen LogP contribution < -0.4 is 10.6 Å². The smallest absolute Gasteiger partial charge is 0.270 e. The van der Waals surface area contributed by atoms with Crippen molar-refractivity contribution < 1.29 is 4.79 Å². The number of anilines is 1. The third kappa shape index (κ3) is 2.87. The molecule has 2 rings (SSSR count). The second-order valence-electron chi connectivity index (χ2n) is 3.94. The average molecular weight is 261 g/mol. The number of aryl methyl sites for hydroxylation is 1. The second kappa shape index (κ2) is 5.64. The zero-order valence-corrected chi connectivity index (χ0v) is 11.2. The minimum atomic E-state index is -0.155. The van der Waals surface area contributed by atoms with E-state index in [1.165, 1.54) is 5.56 Å². The molecule has 0 aliphatic carbocycles. The van der Waals surface area contributed by atoms with Crippen molar-refractivity contribution in [1.82, 2.24) is 10.3 Å². The van der Waals surface area contributed by atoms with Crippen molar-refractivity contribution in [3.63, 3.8) is 0 Å². The maximum Gasteiger partial charge on any atom is 0.270 e. The van der Waals surface area contributed by atoms with E-state index in [9.17, 15) is 4.79 Å². The lowest BCUT2D eigenvalue weighted by Crippen LogP contribution is -2.23. The highest BCUT2D eigenvalue weighted by Crippen LogP contribution is 2.13. The van der Waals surface area contributed by atoms with Crippen molar-refractivity contribution >= 4 is 22.9 Å². The van der Waals surface area contributed by atoms with Crippen LogP contribution in [-0.2, 0) is 6.54 Å². The molecule has 0 bridgehead atoms. The van der Waals surface area contributed by atoms with Crippen molar-refractivity contribution in [2.45, 2.75) is 13.5 Å². The van der Waals surface area contributed by atoms with Crippen LogP contribution >= 0.6 is 11.3 Å². The zero-order valence-electron chi connectivity index (χ0n) is 10.4. The van der Waals surface area contributed by atoms with E-state index in [-0.39, 0.29) is 5.91 Å². The first-order valence-corrected chi connectivity index (χ1v) is 6.58. The first-order valence-electron chi connectivity index (χ1n) is 5.64. The first kappa shape index (κ1) is 12.6. The topological polar surface area (TPSA) is 54.0 Å². The summed E-state index contributed by atoms with van der Waals surface area (Å²) >= 11 is 1.64. The minimum absolute atomic E-state index is 0.155. The molecule has 0 atom stereocenters. The van der Waals surface area contributed by atoms with Gasteiger partial charge in [-0.1, -0.05) is 0 Å². The van der Waals surface area contributed by atoms with Gasteiger partial charge in [-0.15, -0.1) is 0 Å². The Hall–Kier alpha value is -1.88. The zero-order chi connectivity index (χ0) is 13.0. The molecular formula is C13H15N3OS. The number of carbonyl (C=O) groups excluding carboxylic acids is 1. The van der Waals surface area contributed by atoms with Gasteiger partial charge in [-0.05, 0) is 40.9 Å². The van der Waals surface area contributed by atoms with Gasteiger partial charge < -0.3 is 10.6 Å². The van der Waals surface area contributed by atoms with Gasteiger partial charge in [0.15, 0.2) is 0 Å². The molecule has 0 spiro atoms. The van der Waals surface area contributed by atoms with Gasteiger partial charge in [0.2, 0.25) is 0 Å². The number of hydrogen-bond acceptors (Lipinski definition) is 4. The second-order valence-corrected chi connectivity index (χ2v) is 4.69. The monoisotopic (exact) mass is 261 g/mol. The normalized spacial score (nSPS) is 10.1. The fourth-order valence-corrected chi connectivity index (χ4v) is 2.40. The first-order chi connectivity index (χ1) is 8.70. The molecule has 2 aromatic rings. The number of thiophene rings is 1. The molecule has 0 aliphatic heterocycles. The van der Waals surface area contributed by atoms with Crippen LogP contribution in [0, 0.1) is 6.92 Å². The molecule has 0 unspecified atom stereocenters. The van der Waals surface area contributed by atoms with E-state index in [2.05, 4.69) is 21.0 Å². The number of hydrogen-bond donors (Lipinski definition) is 2. The largest absolute Gasteiger partial charge is 0.388 e. The molecular weight excluding hydrogens is 246 g/mol. The summed E-state index contributed by atoms with van der Waals surface area (Å²) in [6, 6.07) is 3.55. The Morgan fingerprint density at radius 1 is 1.44 bits per heavy atom. The summed E-state index contributed by atoms with van der Waals surface area (Å²) in [6.45, 7) is 2.58. The van der Waals surface area contributed by atoms with E-state index in [1.54, 1.807) is 23.6 Å². The number of rotatable bonds is 4. The molecule has 2 aromatic heterocycles. The molecule has 1 amide bonds. The van der Waals surface area contributed by atoms with Gasteiger partial charge in [0, 0.05) is 25.5 Å². The number of nitrogens with zero attached hydrogens (tertiary/aromatic N) is 1. The van der Waals surface area contributed by atoms with Crippen LogP contribution in [0.2, 0.25) is 0 Å². The molecule has 94 valence electrons. The minimum Gasteiger partial charge on any atom is -0.388 e. The fourth-order valence-electron chi connectivity index (χ4n) is 1.54. The van der Waals surface area contributed by atoms with Crippen molar-refractivity contribution in [2.24, 2.45) is 0 Å². The summed E-state index contributed by atoms with van der Waals surface area (Å²) in [6.07, 6.45) is 1.62. The van der Waals surface area contributed by atoms with E-state index < -0.39 is 0 Å². The predicted molar refractivity (Wildman–Crippen MR) is 74.0 cm³/mol. The van der Waals surface area contributed by atoms with Crippen LogP contribution in [0.25, 0.3) is 0 Å². The maximum absolute atomic E-state index is 11.9. The molecule has 0 aromatic carbocycles. The third-order valence-corrected chi connectivity index (χ3v) is 3.59. The fraction of sp³-hybridized carbons (Fsp3) is 0.231. The van der Waals surface area contributed by atoms with Crippen molar-refractivity contribution in [3.8, 4) is 0 Å². The van der Waals surface area contributed by atoms with Crippen molar-refractivity contribution in [2.75, 3.05) is 12.4 Å². The Bertz CT molecular complexity index is 551. The van der Waals surface area contributed by atoms with Crippen LogP contribution in [0.1, 0.15) is 21.6 Å². The third-order valence-electron chi connectivity index (χ3n) is 2.68. The number of pyridine rings is 1. The van der Waals surface area contributed by atoms with E-state index in [4.69, 9.17) is 0 Å². The number of amides is 1. The molecule has 0 saturated carbocycles. The summed E-state index contributed by atoms with van der Waals surface area (Å²) < 4.78 is 0. The molecule has 0 fully saturated rings. The van der Waals surface area contributed by atoms with E-state index in [0.29, 0.717) is 12.2 Å². The highest BCUT2D eigenvalue weighted by molar-refractivity contribution is 7.08. The predicted octanol–water partition coefficient (Wildman–Crippen LogP) is 2.42. The molecule has 18 heavy (non-hydrogen) atoms. The van der Waals surface area contributed by atoms with Gasteiger partial charge in [-0.3, -0.25) is 9.78 Å². The molecule has 5 heteroatoms. The maximum atomic E-state index is 11.9. The Kier molecular flexibility index (Phi) is 3.94. The van der Waals surface area contributed by atoms with Gasteiger partial charge in [0.05, 0.1) is 0 Å². The van der Waals surface area contributed by atoms with E-state index in [1.807, 2.05) is 25.4 Å². The Morgan fingerprint density at radius 2 is 2.28 bits per heavy atom. The van der Waals surface area contributed by atoms with Gasteiger partial charge in [-0.2, -0.15) is 11.3 Å². The van der Waals surface area contributed by atoms with E-state index >= 15 is 0 Å². The summed E-state index contributed by atoms with van der Waals surface area (Å²) in [5, 5.41) is 9.97. The molecule has 0 saturated heterocycles. The average Bonchev–Trinajstić information content (AvgIpc) is 2.81.